The molecular weight excluding hydrogens is 296 g/mol. The molecule has 0 atom stereocenters. The minimum atomic E-state index is -0.656. The fourth-order valence-electron chi connectivity index (χ4n) is 2.75. The fraction of sp³-hybridized carbons (Fsp3) is 0.588. The zero-order valence-electron chi connectivity index (χ0n) is 13.7. The lowest BCUT2D eigenvalue weighted by Crippen LogP contribution is -2.41. The summed E-state index contributed by atoms with van der Waals surface area (Å²) in [5, 5.41) is 2.98. The van der Waals surface area contributed by atoms with Crippen molar-refractivity contribution in [1.29, 1.82) is 0 Å². The number of hydrogen-bond acceptors (Lipinski definition) is 3. The maximum atomic E-state index is 12.2. The number of hydrogen-bond donors (Lipinski definition) is 1. The topological polar surface area (TPSA) is 49.4 Å². The Morgan fingerprint density at radius 3 is 2.68 bits per heavy atom. The summed E-state index contributed by atoms with van der Waals surface area (Å²) in [5.74, 6) is 1.97. The van der Waals surface area contributed by atoms with Crippen molar-refractivity contribution in [2.45, 2.75) is 38.6 Å². The van der Waals surface area contributed by atoms with Gasteiger partial charge in [-0.25, -0.2) is 0 Å². The second kappa shape index (κ2) is 7.88. The molecule has 2 rings (SSSR count). The molecule has 1 heterocycles. The predicted octanol–water partition coefficient (Wildman–Crippen LogP) is 2.59. The summed E-state index contributed by atoms with van der Waals surface area (Å²) in [6, 6.07) is 8.38. The molecule has 0 unspecified atom stereocenters. The van der Waals surface area contributed by atoms with E-state index in [9.17, 15) is 9.00 Å². The van der Waals surface area contributed by atoms with Gasteiger partial charge in [0, 0.05) is 34.0 Å². The van der Waals surface area contributed by atoms with Gasteiger partial charge in [0.2, 0.25) is 5.91 Å². The first-order valence-corrected chi connectivity index (χ1v) is 9.39. The van der Waals surface area contributed by atoms with Crippen LogP contribution in [0.25, 0.3) is 0 Å². The van der Waals surface area contributed by atoms with Gasteiger partial charge in [-0.2, -0.15) is 0 Å². The summed E-state index contributed by atoms with van der Waals surface area (Å²) >= 11 is 0. The van der Waals surface area contributed by atoms with E-state index in [1.54, 1.807) is 0 Å². The highest BCUT2D eigenvalue weighted by Gasteiger charge is 2.22. The van der Waals surface area contributed by atoms with E-state index < -0.39 is 10.8 Å². The fourth-order valence-corrected chi connectivity index (χ4v) is 4.03. The smallest absolute Gasteiger partial charge is 0.238 e. The molecule has 0 aromatic heterocycles. The number of nitrogens with one attached hydrogen (secondary N) is 1. The average molecular weight is 322 g/mol. The van der Waals surface area contributed by atoms with E-state index in [2.05, 4.69) is 30.1 Å². The molecule has 122 valence electrons. The lowest BCUT2D eigenvalue weighted by atomic mass is 10.0. The molecule has 1 aromatic carbocycles. The minimum absolute atomic E-state index is 0.00935. The molecule has 5 heteroatoms. The molecule has 1 aliphatic heterocycles. The Balaban J connectivity index is 1.87. The van der Waals surface area contributed by atoms with Crippen LogP contribution in [0.1, 0.15) is 38.2 Å². The van der Waals surface area contributed by atoms with Crippen molar-refractivity contribution in [2.75, 3.05) is 30.4 Å². The van der Waals surface area contributed by atoms with E-state index in [1.807, 2.05) is 25.2 Å². The van der Waals surface area contributed by atoms with Crippen LogP contribution >= 0.6 is 0 Å². The highest BCUT2D eigenvalue weighted by Crippen LogP contribution is 2.19. The van der Waals surface area contributed by atoms with Crippen molar-refractivity contribution >= 4 is 22.4 Å². The van der Waals surface area contributed by atoms with Crippen molar-refractivity contribution in [3.63, 3.8) is 0 Å². The maximum absolute atomic E-state index is 12.2. The first-order chi connectivity index (χ1) is 10.5. The van der Waals surface area contributed by atoms with Crippen LogP contribution < -0.4 is 5.32 Å². The molecule has 1 amide bonds. The van der Waals surface area contributed by atoms with E-state index in [0.717, 1.165) is 30.0 Å². The summed E-state index contributed by atoms with van der Waals surface area (Å²) in [5.41, 5.74) is 2.08. The zero-order chi connectivity index (χ0) is 16.1. The van der Waals surface area contributed by atoms with Crippen molar-refractivity contribution in [2.24, 2.45) is 0 Å². The number of rotatable bonds is 5. The van der Waals surface area contributed by atoms with Crippen molar-refractivity contribution in [3.05, 3.63) is 29.8 Å². The Morgan fingerprint density at radius 1 is 1.36 bits per heavy atom. The molecular formula is C17H26N2O2S. The van der Waals surface area contributed by atoms with Gasteiger partial charge < -0.3 is 5.32 Å². The Bertz CT molecular complexity index is 535. The number of amides is 1. The number of likely N-dealkylation sites (N-methyl/N-ethyl adjacent to an activating group) is 1. The molecule has 1 saturated heterocycles. The SMILES string of the molecule is CC(C)c1cccc(NC(=O)CN(C)C2CCS(=O)CC2)c1. The molecule has 0 saturated carbocycles. The van der Waals surface area contributed by atoms with Crippen LogP contribution in [-0.4, -0.2) is 46.2 Å². The maximum Gasteiger partial charge on any atom is 0.238 e. The van der Waals surface area contributed by atoms with Crippen molar-refractivity contribution in [3.8, 4) is 0 Å². The number of benzene rings is 1. The first kappa shape index (κ1) is 17.2. The van der Waals surface area contributed by atoms with Gasteiger partial charge in [0.25, 0.3) is 0 Å². The Kier molecular flexibility index (Phi) is 6.15. The monoisotopic (exact) mass is 322 g/mol. The normalized spacial score (nSPS) is 22.0. The third-order valence-electron chi connectivity index (χ3n) is 4.21. The van der Waals surface area contributed by atoms with E-state index >= 15 is 0 Å². The van der Waals surface area contributed by atoms with E-state index in [0.29, 0.717) is 18.5 Å². The minimum Gasteiger partial charge on any atom is -0.325 e. The summed E-state index contributed by atoms with van der Waals surface area (Å²) in [7, 11) is 1.32. The molecule has 0 bridgehead atoms. The summed E-state index contributed by atoms with van der Waals surface area (Å²) in [6.45, 7) is 4.66. The summed E-state index contributed by atoms with van der Waals surface area (Å²) in [6.07, 6.45) is 1.83. The van der Waals surface area contributed by atoms with Crippen LogP contribution in [0.2, 0.25) is 0 Å². The number of anilines is 1. The van der Waals surface area contributed by atoms with Crippen LogP contribution in [0.4, 0.5) is 5.69 Å². The standard InChI is InChI=1S/C17H26N2O2S/c1-13(2)14-5-4-6-15(11-14)18-17(20)12-19(3)16-7-9-22(21)10-8-16/h4-6,11,13,16H,7-10,12H2,1-3H3,(H,18,20). The number of nitrogens with zero attached hydrogens (tertiary/aromatic N) is 1. The Labute approximate surface area is 135 Å². The number of carbonyl (C=O) groups excluding carboxylic acids is 1. The van der Waals surface area contributed by atoms with Gasteiger partial charge in [0.15, 0.2) is 0 Å². The van der Waals surface area contributed by atoms with Crippen LogP contribution in [0.3, 0.4) is 0 Å². The molecule has 1 aromatic rings. The van der Waals surface area contributed by atoms with Crippen LogP contribution in [0.15, 0.2) is 24.3 Å². The first-order valence-electron chi connectivity index (χ1n) is 7.90. The van der Waals surface area contributed by atoms with Gasteiger partial charge in [-0.1, -0.05) is 26.0 Å². The van der Waals surface area contributed by atoms with Crippen molar-refractivity contribution in [1.82, 2.24) is 4.90 Å². The molecule has 1 N–H and O–H groups in total. The number of carbonyl (C=O) groups is 1. The quantitative estimate of drug-likeness (QED) is 0.906. The van der Waals surface area contributed by atoms with Gasteiger partial charge in [-0.3, -0.25) is 13.9 Å². The van der Waals surface area contributed by atoms with Gasteiger partial charge >= 0.3 is 0 Å². The lowest BCUT2D eigenvalue weighted by Gasteiger charge is -2.30. The lowest BCUT2D eigenvalue weighted by molar-refractivity contribution is -0.117. The van der Waals surface area contributed by atoms with Gasteiger partial charge in [-0.05, 0) is 43.5 Å². The summed E-state index contributed by atoms with van der Waals surface area (Å²) in [4.78, 5) is 14.3. The molecule has 1 aliphatic rings. The van der Waals surface area contributed by atoms with Gasteiger partial charge in [0.1, 0.15) is 0 Å². The molecule has 0 radical (unpaired) electrons. The molecule has 1 fully saturated rings. The average Bonchev–Trinajstić information content (AvgIpc) is 2.47. The van der Waals surface area contributed by atoms with E-state index in [4.69, 9.17) is 0 Å². The van der Waals surface area contributed by atoms with E-state index in [-0.39, 0.29) is 5.91 Å². The highest BCUT2D eigenvalue weighted by atomic mass is 32.2. The Morgan fingerprint density at radius 2 is 2.05 bits per heavy atom. The second-order valence-corrected chi connectivity index (χ2v) is 8.02. The molecule has 22 heavy (non-hydrogen) atoms. The van der Waals surface area contributed by atoms with E-state index in [1.165, 1.54) is 5.56 Å². The predicted molar refractivity (Wildman–Crippen MR) is 92.7 cm³/mol. The van der Waals surface area contributed by atoms with Crippen molar-refractivity contribution < 1.29 is 9.00 Å². The third-order valence-corrected chi connectivity index (χ3v) is 5.59. The summed E-state index contributed by atoms with van der Waals surface area (Å²) < 4.78 is 11.4. The zero-order valence-corrected chi connectivity index (χ0v) is 14.5. The third kappa shape index (κ3) is 4.92. The molecule has 4 nitrogen and oxygen atoms in total. The van der Waals surface area contributed by atoms with Crippen LogP contribution in [0.5, 0.6) is 0 Å². The van der Waals surface area contributed by atoms with Gasteiger partial charge in [0.05, 0.1) is 6.54 Å². The molecule has 0 aliphatic carbocycles. The van der Waals surface area contributed by atoms with Gasteiger partial charge in [-0.15, -0.1) is 0 Å². The second-order valence-electron chi connectivity index (χ2n) is 6.32. The van der Waals surface area contributed by atoms with Crippen LogP contribution in [-0.2, 0) is 15.6 Å². The highest BCUT2D eigenvalue weighted by molar-refractivity contribution is 7.85. The Hall–Kier alpha value is -1.20. The largest absolute Gasteiger partial charge is 0.325 e. The molecule has 0 spiro atoms. The van der Waals surface area contributed by atoms with Crippen LogP contribution in [0, 0.1) is 0 Å².